The number of nitrogens with zero attached hydrogens (tertiary/aromatic N) is 4. The molecule has 0 bridgehead atoms. The number of H-pyrrole nitrogens is 1. The standard InChI is InChI=1S/C21H20N6/c22-8-7-18(23-11-14-1-2-14)15-4-6-19-21(9-15)27(13-24-19)17-5-3-16-12-25-26-20(16)10-17/h3-10,12-14H,1-2,11,22H2,(H,25,26)/b8-7-,23-18?. The first-order valence-electron chi connectivity index (χ1n) is 9.15. The molecule has 3 N–H and O–H groups in total. The van der Waals surface area contributed by atoms with Crippen molar-refractivity contribution in [3.63, 3.8) is 0 Å². The molecule has 4 aromatic rings. The van der Waals surface area contributed by atoms with Gasteiger partial charge in [0.05, 0.1) is 28.5 Å². The van der Waals surface area contributed by atoms with Crippen LogP contribution in [0.25, 0.3) is 27.6 Å². The Kier molecular flexibility index (Phi) is 3.74. The molecule has 2 aromatic heterocycles. The molecule has 27 heavy (non-hydrogen) atoms. The lowest BCUT2D eigenvalue weighted by atomic mass is 10.1. The molecule has 0 saturated heterocycles. The van der Waals surface area contributed by atoms with Crippen molar-refractivity contribution in [2.75, 3.05) is 6.54 Å². The van der Waals surface area contributed by atoms with E-state index in [1.807, 2.05) is 24.7 Å². The number of aromatic nitrogens is 4. The summed E-state index contributed by atoms with van der Waals surface area (Å²) in [5.74, 6) is 0.738. The molecule has 0 unspecified atom stereocenters. The molecule has 6 nitrogen and oxygen atoms in total. The Hall–Kier alpha value is -3.41. The highest BCUT2D eigenvalue weighted by Crippen LogP contribution is 2.29. The smallest absolute Gasteiger partial charge is 0.100 e. The van der Waals surface area contributed by atoms with Crippen LogP contribution in [0, 0.1) is 5.92 Å². The fourth-order valence-electron chi connectivity index (χ4n) is 3.31. The van der Waals surface area contributed by atoms with Crippen LogP contribution >= 0.6 is 0 Å². The van der Waals surface area contributed by atoms with Crippen molar-refractivity contribution in [2.45, 2.75) is 12.8 Å². The van der Waals surface area contributed by atoms with Crippen molar-refractivity contribution in [1.82, 2.24) is 19.7 Å². The van der Waals surface area contributed by atoms with Gasteiger partial charge in [0.2, 0.25) is 0 Å². The number of allylic oxidation sites excluding steroid dienone is 1. The highest BCUT2D eigenvalue weighted by atomic mass is 15.1. The zero-order valence-electron chi connectivity index (χ0n) is 14.8. The van der Waals surface area contributed by atoms with Crippen molar-refractivity contribution >= 4 is 27.6 Å². The molecule has 0 radical (unpaired) electrons. The zero-order chi connectivity index (χ0) is 18.2. The Morgan fingerprint density at radius 1 is 1.26 bits per heavy atom. The number of hydrogen-bond acceptors (Lipinski definition) is 4. The highest BCUT2D eigenvalue weighted by molar-refractivity contribution is 6.10. The molecule has 134 valence electrons. The second kappa shape index (κ2) is 6.39. The van der Waals surface area contributed by atoms with Crippen LogP contribution in [0.15, 0.2) is 66.2 Å². The Morgan fingerprint density at radius 2 is 2.19 bits per heavy atom. The number of nitrogens with one attached hydrogen (secondary N) is 1. The van der Waals surface area contributed by atoms with E-state index < -0.39 is 0 Å². The number of fused-ring (bicyclic) bond motifs is 2. The number of nitrogens with two attached hydrogens (primary N) is 1. The van der Waals surface area contributed by atoms with Crippen LogP contribution in [0.3, 0.4) is 0 Å². The topological polar surface area (TPSA) is 84.9 Å². The summed E-state index contributed by atoms with van der Waals surface area (Å²) in [5.41, 5.74) is 11.7. The number of benzene rings is 2. The highest BCUT2D eigenvalue weighted by Gasteiger charge is 2.20. The minimum atomic E-state index is 0.738. The van der Waals surface area contributed by atoms with E-state index in [1.54, 1.807) is 6.20 Å². The minimum Gasteiger partial charge on any atom is -0.405 e. The third-order valence-corrected chi connectivity index (χ3v) is 5.02. The molecular formula is C21H20N6. The molecule has 5 rings (SSSR count). The molecule has 0 aliphatic heterocycles. The lowest BCUT2D eigenvalue weighted by Crippen LogP contribution is -2.01. The van der Waals surface area contributed by atoms with Gasteiger partial charge in [0.1, 0.15) is 6.33 Å². The van der Waals surface area contributed by atoms with E-state index in [1.165, 1.54) is 12.8 Å². The largest absolute Gasteiger partial charge is 0.405 e. The normalized spacial score (nSPS) is 15.3. The Labute approximate surface area is 156 Å². The van der Waals surface area contributed by atoms with Gasteiger partial charge in [-0.25, -0.2) is 4.98 Å². The molecule has 1 aliphatic rings. The number of rotatable bonds is 5. The van der Waals surface area contributed by atoms with Crippen molar-refractivity contribution in [2.24, 2.45) is 16.6 Å². The Balaban J connectivity index is 1.59. The van der Waals surface area contributed by atoms with Crippen LogP contribution in [0.1, 0.15) is 18.4 Å². The zero-order valence-corrected chi connectivity index (χ0v) is 14.8. The summed E-state index contributed by atoms with van der Waals surface area (Å²) in [6, 6.07) is 12.4. The van der Waals surface area contributed by atoms with Gasteiger partial charge in [0.25, 0.3) is 0 Å². The summed E-state index contributed by atoms with van der Waals surface area (Å²) in [6.45, 7) is 0.869. The predicted octanol–water partition coefficient (Wildman–Crippen LogP) is 3.57. The van der Waals surface area contributed by atoms with Crippen LogP contribution in [-0.4, -0.2) is 32.0 Å². The summed E-state index contributed by atoms with van der Waals surface area (Å²) in [5, 5.41) is 8.21. The maximum Gasteiger partial charge on any atom is 0.100 e. The van der Waals surface area contributed by atoms with Gasteiger partial charge in [0, 0.05) is 23.2 Å². The molecule has 6 heteroatoms. The van der Waals surface area contributed by atoms with E-state index in [9.17, 15) is 0 Å². The SMILES string of the molecule is N/C=C\C(=NCC1CC1)c1ccc2ncn(-c3ccc4cn[nH]c4c3)c2c1. The lowest BCUT2D eigenvalue weighted by molar-refractivity contribution is 0.849. The van der Waals surface area contributed by atoms with Gasteiger partial charge in [-0.2, -0.15) is 5.10 Å². The minimum absolute atomic E-state index is 0.738. The van der Waals surface area contributed by atoms with E-state index in [4.69, 9.17) is 10.7 Å². The molecule has 0 amide bonds. The molecule has 2 heterocycles. The fourth-order valence-corrected chi connectivity index (χ4v) is 3.31. The lowest BCUT2D eigenvalue weighted by Gasteiger charge is -2.07. The van der Waals surface area contributed by atoms with Gasteiger partial charge in [0.15, 0.2) is 0 Å². The number of hydrogen-bond donors (Lipinski definition) is 2. The van der Waals surface area contributed by atoms with E-state index >= 15 is 0 Å². The van der Waals surface area contributed by atoms with E-state index in [0.29, 0.717) is 0 Å². The first-order valence-corrected chi connectivity index (χ1v) is 9.15. The van der Waals surface area contributed by atoms with Gasteiger partial charge < -0.3 is 5.73 Å². The second-order valence-electron chi connectivity index (χ2n) is 6.99. The molecular weight excluding hydrogens is 336 g/mol. The van der Waals surface area contributed by atoms with Crippen LogP contribution in [0.2, 0.25) is 0 Å². The number of aromatic amines is 1. The third kappa shape index (κ3) is 2.99. The predicted molar refractivity (Wildman–Crippen MR) is 108 cm³/mol. The number of aliphatic imine (C=N–C) groups is 1. The molecule has 1 saturated carbocycles. The Morgan fingerprint density at radius 3 is 3.04 bits per heavy atom. The van der Waals surface area contributed by atoms with E-state index in [-0.39, 0.29) is 0 Å². The summed E-state index contributed by atoms with van der Waals surface area (Å²) in [7, 11) is 0. The summed E-state index contributed by atoms with van der Waals surface area (Å²) in [4.78, 5) is 9.33. The quantitative estimate of drug-likeness (QED) is 0.536. The van der Waals surface area contributed by atoms with Crippen molar-refractivity contribution in [3.05, 3.63) is 66.8 Å². The van der Waals surface area contributed by atoms with Gasteiger partial charge in [-0.15, -0.1) is 0 Å². The molecule has 2 aromatic carbocycles. The van der Waals surface area contributed by atoms with Crippen LogP contribution in [0.4, 0.5) is 0 Å². The molecule has 1 fully saturated rings. The van der Waals surface area contributed by atoms with Crippen molar-refractivity contribution in [1.29, 1.82) is 0 Å². The van der Waals surface area contributed by atoms with Crippen molar-refractivity contribution < 1.29 is 0 Å². The monoisotopic (exact) mass is 356 g/mol. The van der Waals surface area contributed by atoms with Gasteiger partial charge >= 0.3 is 0 Å². The molecule has 1 aliphatic carbocycles. The van der Waals surface area contributed by atoms with Gasteiger partial charge in [-0.1, -0.05) is 6.07 Å². The fraction of sp³-hybridized carbons (Fsp3) is 0.190. The van der Waals surface area contributed by atoms with Crippen LogP contribution < -0.4 is 5.73 Å². The summed E-state index contributed by atoms with van der Waals surface area (Å²) < 4.78 is 2.09. The van der Waals surface area contributed by atoms with Crippen molar-refractivity contribution in [3.8, 4) is 5.69 Å². The average Bonchev–Trinajstić information content (AvgIpc) is 3.24. The van der Waals surface area contributed by atoms with Gasteiger partial charge in [-0.3, -0.25) is 14.7 Å². The molecule has 0 atom stereocenters. The number of imidazole rings is 1. The third-order valence-electron chi connectivity index (χ3n) is 5.02. The average molecular weight is 356 g/mol. The summed E-state index contributed by atoms with van der Waals surface area (Å²) in [6.07, 6.45) is 9.67. The van der Waals surface area contributed by atoms with Crippen LogP contribution in [-0.2, 0) is 0 Å². The first-order chi connectivity index (χ1) is 13.3. The first kappa shape index (κ1) is 15.8. The maximum absolute atomic E-state index is 5.66. The summed E-state index contributed by atoms with van der Waals surface area (Å²) >= 11 is 0. The maximum atomic E-state index is 5.66. The Bertz CT molecular complexity index is 1180. The van der Waals surface area contributed by atoms with E-state index in [0.717, 1.165) is 51.4 Å². The van der Waals surface area contributed by atoms with Gasteiger partial charge in [-0.05, 0) is 61.4 Å². The molecule has 0 spiro atoms. The van der Waals surface area contributed by atoms with E-state index in [2.05, 4.69) is 50.1 Å². The second-order valence-corrected chi connectivity index (χ2v) is 6.99. The van der Waals surface area contributed by atoms with Crippen LogP contribution in [0.5, 0.6) is 0 Å².